The quantitative estimate of drug-likeness (QED) is 0.892. The van der Waals surface area contributed by atoms with Crippen molar-refractivity contribution in [3.63, 3.8) is 0 Å². The molecule has 96 valence electrons. The van der Waals surface area contributed by atoms with Crippen molar-refractivity contribution >= 4 is 0 Å². The van der Waals surface area contributed by atoms with Crippen LogP contribution in [0.3, 0.4) is 0 Å². The van der Waals surface area contributed by atoms with E-state index < -0.39 is 0 Å². The summed E-state index contributed by atoms with van der Waals surface area (Å²) in [7, 11) is 1.97. The number of nitrogens with one attached hydrogen (secondary N) is 1. The molecule has 5 nitrogen and oxygen atoms in total. The summed E-state index contributed by atoms with van der Waals surface area (Å²) in [5.41, 5.74) is 2.59. The van der Waals surface area contributed by atoms with E-state index in [-0.39, 0.29) is 0 Å². The number of H-pyrrole nitrogens is 1. The maximum absolute atomic E-state index is 4.21. The second-order valence-electron chi connectivity index (χ2n) is 5.08. The van der Waals surface area contributed by atoms with Crippen molar-refractivity contribution in [2.45, 2.75) is 25.3 Å². The molecule has 3 heterocycles. The average Bonchev–Trinajstić information content (AvgIpc) is 3.02. The maximum atomic E-state index is 4.21. The van der Waals surface area contributed by atoms with Crippen LogP contribution in [0.15, 0.2) is 24.7 Å². The van der Waals surface area contributed by atoms with E-state index in [2.05, 4.69) is 32.5 Å². The lowest BCUT2D eigenvalue weighted by Crippen LogP contribution is -2.32. The largest absolute Gasteiger partial charge is 0.299 e. The molecule has 0 aliphatic carbocycles. The molecule has 0 atom stereocenters. The van der Waals surface area contributed by atoms with Crippen molar-refractivity contribution in [2.24, 2.45) is 7.05 Å². The Balaban J connectivity index is 1.54. The molecule has 0 spiro atoms. The van der Waals surface area contributed by atoms with Crippen LogP contribution in [-0.4, -0.2) is 38.0 Å². The van der Waals surface area contributed by atoms with Crippen LogP contribution in [0.5, 0.6) is 0 Å². The number of piperidine rings is 1. The number of hydrogen-bond donors (Lipinski definition) is 1. The van der Waals surface area contributed by atoms with Gasteiger partial charge in [0.1, 0.15) is 0 Å². The fourth-order valence-corrected chi connectivity index (χ4v) is 2.71. The van der Waals surface area contributed by atoms with Gasteiger partial charge in [0.15, 0.2) is 0 Å². The van der Waals surface area contributed by atoms with E-state index in [1.165, 1.54) is 24.1 Å². The van der Waals surface area contributed by atoms with Crippen molar-refractivity contribution in [2.75, 3.05) is 13.1 Å². The SMILES string of the molecule is Cn1cc(CN2CCC(c3ccn[nH]3)CC2)cn1. The van der Waals surface area contributed by atoms with Crippen LogP contribution in [0.2, 0.25) is 0 Å². The smallest absolute Gasteiger partial charge is 0.0534 e. The number of hydrogen-bond acceptors (Lipinski definition) is 3. The van der Waals surface area contributed by atoms with E-state index in [9.17, 15) is 0 Å². The van der Waals surface area contributed by atoms with Crippen molar-refractivity contribution in [3.05, 3.63) is 35.9 Å². The van der Waals surface area contributed by atoms with Crippen LogP contribution < -0.4 is 0 Å². The highest BCUT2D eigenvalue weighted by Crippen LogP contribution is 2.26. The standard InChI is InChI=1S/C13H19N5/c1-17-9-11(8-15-17)10-18-6-3-12(4-7-18)13-2-5-14-16-13/h2,5,8-9,12H,3-4,6-7,10H2,1H3,(H,14,16). The fraction of sp³-hybridized carbons (Fsp3) is 0.538. The van der Waals surface area contributed by atoms with Gasteiger partial charge in [-0.15, -0.1) is 0 Å². The van der Waals surface area contributed by atoms with E-state index in [1.54, 1.807) is 0 Å². The van der Waals surface area contributed by atoms with Gasteiger partial charge in [0.25, 0.3) is 0 Å². The molecule has 1 saturated heterocycles. The summed E-state index contributed by atoms with van der Waals surface area (Å²) >= 11 is 0. The van der Waals surface area contributed by atoms with Crippen LogP contribution in [0.1, 0.15) is 30.0 Å². The van der Waals surface area contributed by atoms with E-state index in [0.717, 1.165) is 19.6 Å². The Labute approximate surface area is 107 Å². The first kappa shape index (κ1) is 11.5. The minimum Gasteiger partial charge on any atom is -0.299 e. The lowest BCUT2D eigenvalue weighted by atomic mass is 9.93. The zero-order valence-electron chi connectivity index (χ0n) is 10.7. The molecule has 2 aromatic heterocycles. The Hall–Kier alpha value is -1.62. The summed E-state index contributed by atoms with van der Waals surface area (Å²) in [4.78, 5) is 2.50. The van der Waals surface area contributed by atoms with Gasteiger partial charge in [-0.05, 0) is 32.0 Å². The summed E-state index contributed by atoms with van der Waals surface area (Å²) in [5, 5.41) is 11.3. The molecule has 0 unspecified atom stereocenters. The minimum atomic E-state index is 0.651. The first-order valence-corrected chi connectivity index (χ1v) is 6.50. The third-order valence-electron chi connectivity index (χ3n) is 3.71. The molecular weight excluding hydrogens is 226 g/mol. The Morgan fingerprint density at radius 1 is 1.39 bits per heavy atom. The number of aromatic nitrogens is 4. The molecule has 18 heavy (non-hydrogen) atoms. The van der Waals surface area contributed by atoms with Gasteiger partial charge in [-0.1, -0.05) is 0 Å². The summed E-state index contributed by atoms with van der Waals surface area (Å²) < 4.78 is 1.87. The zero-order valence-corrected chi connectivity index (χ0v) is 10.7. The Morgan fingerprint density at radius 3 is 2.83 bits per heavy atom. The molecule has 0 aromatic carbocycles. The Kier molecular flexibility index (Phi) is 3.15. The van der Waals surface area contributed by atoms with Crippen molar-refractivity contribution < 1.29 is 0 Å². The van der Waals surface area contributed by atoms with E-state index in [4.69, 9.17) is 0 Å². The van der Waals surface area contributed by atoms with Crippen molar-refractivity contribution in [1.29, 1.82) is 0 Å². The van der Waals surface area contributed by atoms with Gasteiger partial charge in [-0.25, -0.2) is 0 Å². The van der Waals surface area contributed by atoms with Gasteiger partial charge in [0.2, 0.25) is 0 Å². The highest BCUT2D eigenvalue weighted by molar-refractivity contribution is 5.08. The predicted octanol–water partition coefficient (Wildman–Crippen LogP) is 1.52. The molecule has 0 bridgehead atoms. The molecule has 2 aromatic rings. The summed E-state index contributed by atoms with van der Waals surface area (Å²) in [6, 6.07) is 2.10. The number of nitrogens with zero attached hydrogens (tertiary/aromatic N) is 4. The van der Waals surface area contributed by atoms with E-state index >= 15 is 0 Å². The molecule has 0 radical (unpaired) electrons. The van der Waals surface area contributed by atoms with E-state index in [1.807, 2.05) is 24.1 Å². The molecule has 5 heteroatoms. The number of likely N-dealkylation sites (tertiary alicyclic amines) is 1. The van der Waals surface area contributed by atoms with Crippen molar-refractivity contribution in [3.8, 4) is 0 Å². The Bertz CT molecular complexity index is 479. The molecule has 0 saturated carbocycles. The highest BCUT2D eigenvalue weighted by atomic mass is 15.2. The second-order valence-corrected chi connectivity index (χ2v) is 5.08. The van der Waals surface area contributed by atoms with Crippen molar-refractivity contribution in [1.82, 2.24) is 24.9 Å². The summed E-state index contributed by atoms with van der Waals surface area (Å²) in [6.07, 6.45) is 8.32. The maximum Gasteiger partial charge on any atom is 0.0534 e. The van der Waals surface area contributed by atoms with Crippen LogP contribution in [-0.2, 0) is 13.6 Å². The van der Waals surface area contributed by atoms with Gasteiger partial charge in [-0.2, -0.15) is 10.2 Å². The highest BCUT2D eigenvalue weighted by Gasteiger charge is 2.21. The molecular formula is C13H19N5. The molecule has 1 aliphatic rings. The monoisotopic (exact) mass is 245 g/mol. The fourth-order valence-electron chi connectivity index (χ4n) is 2.71. The van der Waals surface area contributed by atoms with Gasteiger partial charge in [0.05, 0.1) is 6.20 Å². The molecule has 3 rings (SSSR count). The normalized spacial score (nSPS) is 18.3. The van der Waals surface area contributed by atoms with Gasteiger partial charge in [0, 0.05) is 43.2 Å². The first-order chi connectivity index (χ1) is 8.81. The lowest BCUT2D eigenvalue weighted by molar-refractivity contribution is 0.203. The first-order valence-electron chi connectivity index (χ1n) is 6.50. The molecule has 0 amide bonds. The van der Waals surface area contributed by atoms with Gasteiger partial charge in [-0.3, -0.25) is 14.7 Å². The molecule has 1 fully saturated rings. The van der Waals surface area contributed by atoms with Crippen LogP contribution in [0.4, 0.5) is 0 Å². The summed E-state index contributed by atoms with van der Waals surface area (Å²) in [6.45, 7) is 3.32. The van der Waals surface area contributed by atoms with Crippen LogP contribution in [0, 0.1) is 0 Å². The van der Waals surface area contributed by atoms with Crippen LogP contribution >= 0.6 is 0 Å². The summed E-state index contributed by atoms with van der Waals surface area (Å²) in [5.74, 6) is 0.651. The third kappa shape index (κ3) is 2.46. The molecule has 1 aliphatic heterocycles. The average molecular weight is 245 g/mol. The van der Waals surface area contributed by atoms with Crippen LogP contribution in [0.25, 0.3) is 0 Å². The topological polar surface area (TPSA) is 49.7 Å². The predicted molar refractivity (Wildman–Crippen MR) is 69.0 cm³/mol. The number of aromatic amines is 1. The van der Waals surface area contributed by atoms with Gasteiger partial charge >= 0.3 is 0 Å². The Morgan fingerprint density at radius 2 is 2.22 bits per heavy atom. The third-order valence-corrected chi connectivity index (χ3v) is 3.71. The molecule has 1 N–H and O–H groups in total. The number of aryl methyl sites for hydroxylation is 1. The zero-order chi connectivity index (χ0) is 12.4. The van der Waals surface area contributed by atoms with E-state index in [0.29, 0.717) is 5.92 Å². The van der Waals surface area contributed by atoms with Gasteiger partial charge < -0.3 is 0 Å². The number of rotatable bonds is 3. The minimum absolute atomic E-state index is 0.651. The lowest BCUT2D eigenvalue weighted by Gasteiger charge is -2.31. The second kappa shape index (κ2) is 4.94.